The number of urea groups is 1. The highest BCUT2D eigenvalue weighted by Gasteiger charge is 2.49. The number of amides is 4. The summed E-state index contributed by atoms with van der Waals surface area (Å²) in [5.41, 5.74) is -0.184. The molecule has 4 amide bonds. The molecule has 0 bridgehead atoms. The van der Waals surface area contributed by atoms with Crippen LogP contribution < -0.4 is 10.6 Å². The molecule has 0 saturated carbocycles. The van der Waals surface area contributed by atoms with E-state index in [4.69, 9.17) is 0 Å². The molecule has 30 heavy (non-hydrogen) atoms. The van der Waals surface area contributed by atoms with E-state index >= 15 is 0 Å². The molecular formula is C23H25N3O4. The lowest BCUT2D eigenvalue weighted by Crippen LogP contribution is -2.41. The Morgan fingerprint density at radius 1 is 1.00 bits per heavy atom. The molecule has 1 aliphatic rings. The first-order valence-corrected chi connectivity index (χ1v) is 9.67. The number of ketones is 1. The summed E-state index contributed by atoms with van der Waals surface area (Å²) in [4.78, 5) is 51.0. The molecule has 7 nitrogen and oxygen atoms in total. The van der Waals surface area contributed by atoms with Crippen LogP contribution >= 0.6 is 0 Å². The van der Waals surface area contributed by atoms with Crippen molar-refractivity contribution in [3.05, 3.63) is 65.7 Å². The fraction of sp³-hybridized carbons (Fsp3) is 0.304. The lowest BCUT2D eigenvalue weighted by Gasteiger charge is -2.22. The first-order valence-electron chi connectivity index (χ1n) is 9.67. The van der Waals surface area contributed by atoms with Gasteiger partial charge in [0.05, 0.1) is 6.54 Å². The van der Waals surface area contributed by atoms with Gasteiger partial charge in [0.25, 0.3) is 5.91 Å². The SMILES string of the molecule is CC(C)(C)C(=O)Nc1ccc(C(=O)CN2C(=O)N[C@@](C)(c3ccccc3)C2=O)cc1. The molecule has 0 spiro atoms. The van der Waals surface area contributed by atoms with Crippen LogP contribution in [0.15, 0.2) is 54.6 Å². The second kappa shape index (κ2) is 7.74. The molecule has 2 aromatic carbocycles. The minimum atomic E-state index is -1.21. The number of benzene rings is 2. The maximum atomic E-state index is 12.9. The molecule has 3 rings (SSSR count). The van der Waals surface area contributed by atoms with Gasteiger partial charge in [0.2, 0.25) is 5.91 Å². The molecule has 2 aromatic rings. The third-order valence-electron chi connectivity index (χ3n) is 5.07. The van der Waals surface area contributed by atoms with E-state index in [0.29, 0.717) is 16.8 Å². The van der Waals surface area contributed by atoms with E-state index in [9.17, 15) is 19.2 Å². The molecule has 0 aliphatic carbocycles. The highest BCUT2D eigenvalue weighted by molar-refractivity contribution is 6.11. The zero-order valence-electron chi connectivity index (χ0n) is 17.5. The monoisotopic (exact) mass is 407 g/mol. The number of rotatable bonds is 5. The van der Waals surface area contributed by atoms with Crippen molar-refractivity contribution in [2.45, 2.75) is 33.2 Å². The lowest BCUT2D eigenvalue weighted by atomic mass is 9.92. The fourth-order valence-corrected chi connectivity index (χ4v) is 3.10. The fourth-order valence-electron chi connectivity index (χ4n) is 3.10. The smallest absolute Gasteiger partial charge is 0.325 e. The van der Waals surface area contributed by atoms with Gasteiger partial charge in [-0.2, -0.15) is 0 Å². The number of carbonyl (C=O) groups excluding carboxylic acids is 4. The summed E-state index contributed by atoms with van der Waals surface area (Å²) >= 11 is 0. The summed E-state index contributed by atoms with van der Waals surface area (Å²) in [5.74, 6) is -0.980. The van der Waals surface area contributed by atoms with Crippen molar-refractivity contribution in [2.75, 3.05) is 11.9 Å². The first-order chi connectivity index (χ1) is 14.0. The van der Waals surface area contributed by atoms with Gasteiger partial charge in [-0.1, -0.05) is 51.1 Å². The van der Waals surface area contributed by atoms with Gasteiger partial charge in [-0.25, -0.2) is 4.79 Å². The predicted octanol–water partition coefficient (Wildman–Crippen LogP) is 3.32. The Morgan fingerprint density at radius 2 is 1.60 bits per heavy atom. The Labute approximate surface area is 175 Å². The van der Waals surface area contributed by atoms with E-state index in [0.717, 1.165) is 4.90 Å². The lowest BCUT2D eigenvalue weighted by molar-refractivity contribution is -0.130. The third kappa shape index (κ3) is 4.10. The van der Waals surface area contributed by atoms with Crippen LogP contribution in [-0.2, 0) is 15.1 Å². The van der Waals surface area contributed by atoms with Gasteiger partial charge in [0.1, 0.15) is 5.54 Å². The Kier molecular flexibility index (Phi) is 5.48. The van der Waals surface area contributed by atoms with E-state index in [-0.39, 0.29) is 18.2 Å². The Balaban J connectivity index is 1.71. The van der Waals surface area contributed by atoms with Crippen molar-refractivity contribution in [3.63, 3.8) is 0 Å². The van der Waals surface area contributed by atoms with Crippen molar-refractivity contribution in [1.29, 1.82) is 0 Å². The molecule has 0 radical (unpaired) electrons. The average Bonchev–Trinajstić information content (AvgIpc) is 2.92. The first kappa shape index (κ1) is 21.2. The van der Waals surface area contributed by atoms with Crippen LogP contribution in [-0.4, -0.2) is 35.1 Å². The van der Waals surface area contributed by atoms with Crippen LogP contribution in [0.2, 0.25) is 0 Å². The van der Waals surface area contributed by atoms with Crippen molar-refractivity contribution >= 4 is 29.3 Å². The molecule has 1 heterocycles. The Morgan fingerprint density at radius 3 is 2.17 bits per heavy atom. The number of anilines is 1. The average molecular weight is 407 g/mol. The molecule has 1 aliphatic heterocycles. The quantitative estimate of drug-likeness (QED) is 0.587. The van der Waals surface area contributed by atoms with E-state index in [1.807, 2.05) is 26.8 Å². The zero-order chi connectivity index (χ0) is 22.1. The van der Waals surface area contributed by atoms with Crippen LogP contribution in [0.1, 0.15) is 43.6 Å². The highest BCUT2D eigenvalue weighted by atomic mass is 16.2. The molecule has 1 saturated heterocycles. The molecule has 156 valence electrons. The molecule has 1 fully saturated rings. The second-order valence-electron chi connectivity index (χ2n) is 8.52. The van der Waals surface area contributed by atoms with Gasteiger partial charge in [0, 0.05) is 16.7 Å². The Hall–Kier alpha value is -3.48. The van der Waals surface area contributed by atoms with Crippen molar-refractivity contribution in [2.24, 2.45) is 5.41 Å². The van der Waals surface area contributed by atoms with E-state index < -0.39 is 22.9 Å². The summed E-state index contributed by atoms with van der Waals surface area (Å²) in [6.07, 6.45) is 0. The molecule has 7 heteroatoms. The third-order valence-corrected chi connectivity index (χ3v) is 5.07. The summed E-state index contributed by atoms with van der Waals surface area (Å²) in [7, 11) is 0. The molecule has 1 atom stereocenters. The van der Waals surface area contributed by atoms with Gasteiger partial charge in [-0.15, -0.1) is 0 Å². The molecule has 0 aromatic heterocycles. The van der Waals surface area contributed by atoms with Crippen LogP contribution in [0.3, 0.4) is 0 Å². The zero-order valence-corrected chi connectivity index (χ0v) is 17.5. The number of imide groups is 1. The summed E-state index contributed by atoms with van der Waals surface area (Å²) in [5, 5.41) is 5.47. The standard InChI is InChI=1S/C23H25N3O4/c1-22(2,3)19(28)24-17-12-10-15(11-13-17)18(27)14-26-20(29)23(4,25-21(26)30)16-8-6-5-7-9-16/h5-13H,14H2,1-4H3,(H,24,28)(H,25,30)/t23-/m0/s1. The van der Waals surface area contributed by atoms with Crippen LogP contribution in [0.4, 0.5) is 10.5 Å². The molecular weight excluding hydrogens is 382 g/mol. The van der Waals surface area contributed by atoms with Crippen molar-refractivity contribution < 1.29 is 19.2 Å². The van der Waals surface area contributed by atoms with Gasteiger partial charge in [-0.3, -0.25) is 19.3 Å². The number of Topliss-reactive ketones (excluding diaryl/α,β-unsaturated/α-hetero) is 1. The van der Waals surface area contributed by atoms with E-state index in [1.165, 1.54) is 0 Å². The van der Waals surface area contributed by atoms with E-state index in [1.54, 1.807) is 55.5 Å². The Bertz CT molecular complexity index is 993. The van der Waals surface area contributed by atoms with Crippen LogP contribution in [0.5, 0.6) is 0 Å². The van der Waals surface area contributed by atoms with Crippen LogP contribution in [0.25, 0.3) is 0 Å². The minimum Gasteiger partial charge on any atom is -0.326 e. The van der Waals surface area contributed by atoms with Crippen molar-refractivity contribution in [1.82, 2.24) is 10.2 Å². The topological polar surface area (TPSA) is 95.6 Å². The number of hydrogen-bond acceptors (Lipinski definition) is 4. The summed E-state index contributed by atoms with van der Waals surface area (Å²) in [6.45, 7) is 6.69. The van der Waals surface area contributed by atoms with Crippen LogP contribution in [0, 0.1) is 5.41 Å². The van der Waals surface area contributed by atoms with Gasteiger partial charge < -0.3 is 10.6 Å². The number of hydrogen-bond donors (Lipinski definition) is 2. The van der Waals surface area contributed by atoms with E-state index in [2.05, 4.69) is 10.6 Å². The molecule has 2 N–H and O–H groups in total. The second-order valence-corrected chi connectivity index (χ2v) is 8.52. The van der Waals surface area contributed by atoms with Crippen molar-refractivity contribution in [3.8, 4) is 0 Å². The maximum absolute atomic E-state index is 12.9. The van der Waals surface area contributed by atoms with Gasteiger partial charge in [0.15, 0.2) is 5.78 Å². The number of nitrogens with one attached hydrogen (secondary N) is 2. The number of nitrogens with zero attached hydrogens (tertiary/aromatic N) is 1. The minimum absolute atomic E-state index is 0.138. The normalized spacial score (nSPS) is 18.9. The highest BCUT2D eigenvalue weighted by Crippen LogP contribution is 2.28. The van der Waals surface area contributed by atoms with Gasteiger partial charge in [-0.05, 0) is 36.8 Å². The summed E-state index contributed by atoms with van der Waals surface area (Å²) in [6, 6.07) is 14.7. The largest absolute Gasteiger partial charge is 0.326 e. The summed E-state index contributed by atoms with van der Waals surface area (Å²) < 4.78 is 0. The molecule has 0 unspecified atom stereocenters. The number of carbonyl (C=O) groups is 4. The maximum Gasteiger partial charge on any atom is 0.325 e. The predicted molar refractivity (Wildman–Crippen MR) is 113 cm³/mol. The van der Waals surface area contributed by atoms with Gasteiger partial charge >= 0.3 is 6.03 Å².